The van der Waals surface area contributed by atoms with Gasteiger partial charge in [0.15, 0.2) is 0 Å². The number of piperidine rings is 1. The molecule has 0 spiro atoms. The van der Waals surface area contributed by atoms with Crippen molar-refractivity contribution in [2.75, 3.05) is 13.1 Å². The van der Waals surface area contributed by atoms with E-state index in [1.165, 1.54) is 24.0 Å². The number of benzene rings is 1. The monoisotopic (exact) mass is 272 g/mol. The van der Waals surface area contributed by atoms with Gasteiger partial charge in [-0.05, 0) is 54.9 Å². The van der Waals surface area contributed by atoms with Crippen molar-refractivity contribution in [2.45, 2.75) is 45.1 Å². The van der Waals surface area contributed by atoms with Gasteiger partial charge in [-0.15, -0.1) is 0 Å². The normalized spacial score (nSPS) is 25.6. The maximum Gasteiger partial charge on any atom is 0.253 e. The maximum atomic E-state index is 12.7. The zero-order valence-corrected chi connectivity index (χ0v) is 12.3. The van der Waals surface area contributed by atoms with E-state index in [1.54, 1.807) is 0 Å². The van der Waals surface area contributed by atoms with Gasteiger partial charge in [0.2, 0.25) is 0 Å². The van der Waals surface area contributed by atoms with Crippen molar-refractivity contribution in [1.82, 2.24) is 4.90 Å². The van der Waals surface area contributed by atoms with Crippen molar-refractivity contribution >= 4 is 5.91 Å². The van der Waals surface area contributed by atoms with Crippen molar-refractivity contribution < 1.29 is 4.79 Å². The number of hydrogen-bond acceptors (Lipinski definition) is 2. The Labute approximate surface area is 121 Å². The van der Waals surface area contributed by atoms with Crippen LogP contribution in [0.2, 0.25) is 0 Å². The van der Waals surface area contributed by atoms with Crippen LogP contribution < -0.4 is 5.73 Å². The third-order valence-electron chi connectivity index (χ3n) is 4.95. The highest BCUT2D eigenvalue weighted by Crippen LogP contribution is 2.25. The maximum absolute atomic E-state index is 12.7. The fourth-order valence-electron chi connectivity index (χ4n) is 3.55. The number of hydrogen-bond donors (Lipinski definition) is 1. The van der Waals surface area contributed by atoms with Crippen LogP contribution in [0.25, 0.3) is 0 Å². The Morgan fingerprint density at radius 2 is 2.15 bits per heavy atom. The lowest BCUT2D eigenvalue weighted by Gasteiger charge is -2.36. The molecule has 1 amide bonds. The van der Waals surface area contributed by atoms with E-state index in [-0.39, 0.29) is 11.9 Å². The molecule has 3 heteroatoms. The number of fused-ring (bicyclic) bond motifs is 1. The van der Waals surface area contributed by atoms with E-state index in [0.29, 0.717) is 5.92 Å². The first-order valence-electron chi connectivity index (χ1n) is 7.85. The Morgan fingerprint density at radius 3 is 2.95 bits per heavy atom. The summed E-state index contributed by atoms with van der Waals surface area (Å²) in [5.41, 5.74) is 9.78. The summed E-state index contributed by atoms with van der Waals surface area (Å²) in [4.78, 5) is 14.6. The van der Waals surface area contributed by atoms with E-state index < -0.39 is 0 Å². The molecule has 0 saturated carbocycles. The molecule has 1 aromatic carbocycles. The average Bonchev–Trinajstić information content (AvgIpc) is 2.94. The van der Waals surface area contributed by atoms with Gasteiger partial charge in [0.25, 0.3) is 5.91 Å². The molecule has 3 rings (SSSR count). The molecule has 1 aliphatic heterocycles. The van der Waals surface area contributed by atoms with Crippen molar-refractivity contribution in [3.63, 3.8) is 0 Å². The van der Waals surface area contributed by atoms with Gasteiger partial charge in [-0.3, -0.25) is 4.79 Å². The van der Waals surface area contributed by atoms with Crippen LogP contribution in [0.1, 0.15) is 47.7 Å². The minimum absolute atomic E-state index is 0.185. The van der Waals surface area contributed by atoms with Gasteiger partial charge in [-0.1, -0.05) is 19.4 Å². The third kappa shape index (κ3) is 2.47. The van der Waals surface area contributed by atoms with Crippen molar-refractivity contribution in [3.8, 4) is 0 Å². The van der Waals surface area contributed by atoms with Gasteiger partial charge in [0.05, 0.1) is 0 Å². The van der Waals surface area contributed by atoms with E-state index in [2.05, 4.69) is 19.1 Å². The molecule has 3 nitrogen and oxygen atoms in total. The van der Waals surface area contributed by atoms with E-state index in [4.69, 9.17) is 5.73 Å². The lowest BCUT2D eigenvalue weighted by molar-refractivity contribution is 0.0649. The highest BCUT2D eigenvalue weighted by atomic mass is 16.2. The van der Waals surface area contributed by atoms with E-state index in [9.17, 15) is 4.79 Å². The summed E-state index contributed by atoms with van der Waals surface area (Å²) >= 11 is 0. The lowest BCUT2D eigenvalue weighted by Crippen LogP contribution is -2.49. The smallest absolute Gasteiger partial charge is 0.253 e. The van der Waals surface area contributed by atoms with Crippen molar-refractivity contribution in [2.24, 2.45) is 11.7 Å². The van der Waals surface area contributed by atoms with Crippen molar-refractivity contribution in [1.29, 1.82) is 0 Å². The molecule has 1 heterocycles. The van der Waals surface area contributed by atoms with Gasteiger partial charge in [0, 0.05) is 24.7 Å². The van der Waals surface area contributed by atoms with Gasteiger partial charge in [0.1, 0.15) is 0 Å². The molecule has 0 aromatic heterocycles. The first-order valence-corrected chi connectivity index (χ1v) is 7.85. The fourth-order valence-corrected chi connectivity index (χ4v) is 3.55. The second-order valence-electron chi connectivity index (χ2n) is 6.21. The first kappa shape index (κ1) is 13.6. The van der Waals surface area contributed by atoms with Gasteiger partial charge >= 0.3 is 0 Å². The highest BCUT2D eigenvalue weighted by Gasteiger charge is 2.28. The van der Waals surface area contributed by atoms with Crippen molar-refractivity contribution in [3.05, 3.63) is 34.9 Å². The second-order valence-corrected chi connectivity index (χ2v) is 6.21. The SMILES string of the molecule is CCC1CN(C(=O)c2ccc3c(c2)CCC3)CCC1N. The molecule has 0 bridgehead atoms. The predicted molar refractivity (Wildman–Crippen MR) is 80.7 cm³/mol. The molecule has 2 N–H and O–H groups in total. The standard InChI is InChI=1S/C17H24N2O/c1-2-12-11-19(9-8-16(12)18)17(20)15-7-6-13-4-3-5-14(13)10-15/h6-7,10,12,16H,2-5,8-9,11,18H2,1H3. The van der Waals surface area contributed by atoms with Crippen LogP contribution in [0.4, 0.5) is 0 Å². The summed E-state index contributed by atoms with van der Waals surface area (Å²) < 4.78 is 0. The molecule has 1 aliphatic carbocycles. The molecule has 1 aromatic rings. The van der Waals surface area contributed by atoms with Crippen LogP contribution in [0.3, 0.4) is 0 Å². The van der Waals surface area contributed by atoms with Crippen LogP contribution in [0.5, 0.6) is 0 Å². The highest BCUT2D eigenvalue weighted by molar-refractivity contribution is 5.94. The second kappa shape index (κ2) is 5.57. The topological polar surface area (TPSA) is 46.3 Å². The van der Waals surface area contributed by atoms with Crippen LogP contribution >= 0.6 is 0 Å². The molecule has 1 fully saturated rings. The predicted octanol–water partition coefficient (Wildman–Crippen LogP) is 2.37. The Morgan fingerprint density at radius 1 is 1.35 bits per heavy atom. The van der Waals surface area contributed by atoms with Gasteiger partial charge in [-0.25, -0.2) is 0 Å². The fraction of sp³-hybridized carbons (Fsp3) is 0.588. The quantitative estimate of drug-likeness (QED) is 0.898. The van der Waals surface area contributed by atoms with Crippen LogP contribution in [0, 0.1) is 5.92 Å². The Bertz CT molecular complexity index is 512. The van der Waals surface area contributed by atoms with E-state index in [0.717, 1.165) is 37.9 Å². The molecule has 2 aliphatic rings. The minimum atomic E-state index is 0.185. The molecular formula is C17H24N2O. The molecule has 2 atom stereocenters. The average molecular weight is 272 g/mol. The van der Waals surface area contributed by atoms with Crippen LogP contribution in [-0.4, -0.2) is 29.9 Å². The third-order valence-corrected chi connectivity index (χ3v) is 4.95. The summed E-state index contributed by atoms with van der Waals surface area (Å²) in [5.74, 6) is 0.632. The number of nitrogens with zero attached hydrogens (tertiary/aromatic N) is 1. The largest absolute Gasteiger partial charge is 0.338 e. The number of likely N-dealkylation sites (tertiary alicyclic amines) is 1. The number of nitrogens with two attached hydrogens (primary N) is 1. The lowest BCUT2D eigenvalue weighted by atomic mass is 9.90. The Hall–Kier alpha value is -1.35. The summed E-state index contributed by atoms with van der Waals surface area (Å²) in [6.45, 7) is 3.77. The molecule has 2 unspecified atom stereocenters. The first-order chi connectivity index (χ1) is 9.69. The van der Waals surface area contributed by atoms with Crippen LogP contribution in [0.15, 0.2) is 18.2 Å². The Balaban J connectivity index is 1.75. The summed E-state index contributed by atoms with van der Waals surface area (Å²) in [5, 5.41) is 0. The summed E-state index contributed by atoms with van der Waals surface area (Å²) in [6.07, 6.45) is 5.49. The molecular weight excluding hydrogens is 248 g/mol. The molecule has 108 valence electrons. The minimum Gasteiger partial charge on any atom is -0.338 e. The van der Waals surface area contributed by atoms with E-state index in [1.807, 2.05) is 11.0 Å². The number of amides is 1. The molecule has 0 radical (unpaired) electrons. The van der Waals surface area contributed by atoms with Crippen LogP contribution in [-0.2, 0) is 12.8 Å². The summed E-state index contributed by atoms with van der Waals surface area (Å²) in [6, 6.07) is 6.51. The number of aryl methyl sites for hydroxylation is 2. The van der Waals surface area contributed by atoms with Gasteiger partial charge < -0.3 is 10.6 Å². The number of carbonyl (C=O) groups excluding carboxylic acids is 1. The number of carbonyl (C=O) groups is 1. The zero-order valence-electron chi connectivity index (χ0n) is 12.3. The number of rotatable bonds is 2. The summed E-state index contributed by atoms with van der Waals surface area (Å²) in [7, 11) is 0. The van der Waals surface area contributed by atoms with Gasteiger partial charge in [-0.2, -0.15) is 0 Å². The molecule has 1 saturated heterocycles. The van der Waals surface area contributed by atoms with E-state index >= 15 is 0 Å². The molecule has 20 heavy (non-hydrogen) atoms. The Kier molecular flexibility index (Phi) is 3.79. The zero-order chi connectivity index (χ0) is 14.1.